The fourth-order valence-electron chi connectivity index (χ4n) is 0.875. The van der Waals surface area contributed by atoms with Gasteiger partial charge in [0.25, 0.3) is 0 Å². The first kappa shape index (κ1) is 13.1. The van der Waals surface area contributed by atoms with Crippen LogP contribution in [0.2, 0.25) is 0 Å². The minimum Gasteiger partial charge on any atom is -0.127 e. The molecule has 0 aliphatic rings. The van der Waals surface area contributed by atoms with E-state index in [9.17, 15) is 0 Å². The van der Waals surface area contributed by atoms with Gasteiger partial charge in [0.2, 0.25) is 0 Å². The number of alkyl halides is 1. The molecule has 2 heteroatoms. The molecule has 0 fully saturated rings. The molecule has 0 saturated heterocycles. The Kier molecular flexibility index (Phi) is 16.0. The summed E-state index contributed by atoms with van der Waals surface area (Å²) in [5, 5.41) is 0. The summed E-state index contributed by atoms with van der Waals surface area (Å²) in [4.78, 5) is 0. The summed E-state index contributed by atoms with van der Waals surface area (Å²) < 4.78 is 0. The summed E-state index contributed by atoms with van der Waals surface area (Å²) in [6, 6.07) is 0. The Morgan fingerprint density at radius 2 is 1.40 bits per heavy atom. The van der Waals surface area contributed by atoms with Crippen LogP contribution in [0.5, 0.6) is 0 Å². The predicted molar refractivity (Wildman–Crippen MR) is 55.4 cm³/mol. The van der Waals surface area contributed by atoms with Crippen LogP contribution in [0.4, 0.5) is 0 Å². The van der Waals surface area contributed by atoms with E-state index in [1.807, 2.05) is 0 Å². The lowest BCUT2D eigenvalue weighted by molar-refractivity contribution is 0.626. The van der Waals surface area contributed by atoms with E-state index in [1.54, 1.807) is 0 Å². The lowest BCUT2D eigenvalue weighted by Gasteiger charge is -1.95. The maximum atomic E-state index is 5.51. The van der Waals surface area contributed by atoms with E-state index in [-0.39, 0.29) is 11.0 Å². The number of hydrogen-bond donors (Lipinski definition) is 0. The standard InChI is InChI=1S/C8H17Cl.H4Si/c1-2-3-4-5-6-7-8-9;/h2-8H2,1H3;1H4. The van der Waals surface area contributed by atoms with E-state index in [1.165, 1.54) is 38.5 Å². The maximum absolute atomic E-state index is 5.51. The van der Waals surface area contributed by atoms with Gasteiger partial charge < -0.3 is 0 Å². The first-order chi connectivity index (χ1) is 4.41. The fraction of sp³-hybridized carbons (Fsp3) is 1.00. The Labute approximate surface area is 74.4 Å². The average Bonchev–Trinajstić information content (AvgIpc) is 1.89. The van der Waals surface area contributed by atoms with Gasteiger partial charge in [-0.25, -0.2) is 0 Å². The van der Waals surface area contributed by atoms with Gasteiger partial charge in [0, 0.05) is 5.88 Å². The maximum Gasteiger partial charge on any atom is 0.0223 e. The van der Waals surface area contributed by atoms with Crippen molar-refractivity contribution < 1.29 is 0 Å². The van der Waals surface area contributed by atoms with Crippen LogP contribution in [-0.2, 0) is 0 Å². The molecule has 64 valence electrons. The molecule has 0 radical (unpaired) electrons. The van der Waals surface area contributed by atoms with Gasteiger partial charge in [-0.15, -0.1) is 11.6 Å². The molecule has 10 heavy (non-hydrogen) atoms. The minimum absolute atomic E-state index is 0. The van der Waals surface area contributed by atoms with Crippen LogP contribution < -0.4 is 0 Å². The molecule has 0 N–H and O–H groups in total. The van der Waals surface area contributed by atoms with E-state index in [0.29, 0.717) is 0 Å². The first-order valence-electron chi connectivity index (χ1n) is 3.97. The second-order valence-electron chi connectivity index (χ2n) is 2.46. The Morgan fingerprint density at radius 3 is 1.90 bits per heavy atom. The monoisotopic (exact) mass is 180 g/mol. The second-order valence-corrected chi connectivity index (χ2v) is 2.83. The highest BCUT2D eigenvalue weighted by atomic mass is 35.5. The second kappa shape index (κ2) is 12.2. The van der Waals surface area contributed by atoms with Crippen molar-refractivity contribution in [3.05, 3.63) is 0 Å². The summed E-state index contributed by atoms with van der Waals surface area (Å²) in [6.45, 7) is 2.24. The molecule has 0 saturated carbocycles. The van der Waals surface area contributed by atoms with Gasteiger partial charge in [-0.3, -0.25) is 0 Å². The average molecular weight is 181 g/mol. The van der Waals surface area contributed by atoms with Crippen molar-refractivity contribution in [2.24, 2.45) is 0 Å². The van der Waals surface area contributed by atoms with E-state index < -0.39 is 0 Å². The topological polar surface area (TPSA) is 0 Å². The quantitative estimate of drug-likeness (QED) is 0.334. The summed E-state index contributed by atoms with van der Waals surface area (Å²) in [5.41, 5.74) is 0. The molecule has 0 amide bonds. The largest absolute Gasteiger partial charge is 0.127 e. The first-order valence-corrected chi connectivity index (χ1v) is 4.51. The molecule has 0 spiro atoms. The smallest absolute Gasteiger partial charge is 0.0223 e. The zero-order valence-corrected chi connectivity index (χ0v) is 7.08. The van der Waals surface area contributed by atoms with E-state index in [4.69, 9.17) is 11.6 Å². The van der Waals surface area contributed by atoms with Gasteiger partial charge in [0.05, 0.1) is 0 Å². The van der Waals surface area contributed by atoms with Crippen molar-refractivity contribution in [3.8, 4) is 0 Å². The SMILES string of the molecule is CCCCCCCCCl.[SiH4]. The molecule has 0 nitrogen and oxygen atoms in total. The molecule has 0 aliphatic heterocycles. The Balaban J connectivity index is 0. The third kappa shape index (κ3) is 11.3. The van der Waals surface area contributed by atoms with Crippen LogP contribution in [0.15, 0.2) is 0 Å². The van der Waals surface area contributed by atoms with Crippen molar-refractivity contribution in [2.45, 2.75) is 45.4 Å². The number of unbranched alkanes of at least 4 members (excludes halogenated alkanes) is 5. The summed E-state index contributed by atoms with van der Waals surface area (Å²) >= 11 is 5.51. The predicted octanol–water partition coefficient (Wildman–Crippen LogP) is 2.13. The molecular weight excluding hydrogens is 160 g/mol. The molecule has 0 aliphatic carbocycles. The van der Waals surface area contributed by atoms with Crippen molar-refractivity contribution in [1.29, 1.82) is 0 Å². The molecule has 0 atom stereocenters. The highest BCUT2D eigenvalue weighted by Crippen LogP contribution is 2.04. The zero-order valence-electron chi connectivity index (χ0n) is 6.33. The van der Waals surface area contributed by atoms with Crippen LogP contribution in [0.3, 0.4) is 0 Å². The minimum atomic E-state index is 0. The molecule has 0 bridgehead atoms. The van der Waals surface area contributed by atoms with Gasteiger partial charge >= 0.3 is 0 Å². The molecule has 0 aromatic carbocycles. The normalized spacial score (nSPS) is 9.00. The van der Waals surface area contributed by atoms with Crippen molar-refractivity contribution in [2.75, 3.05) is 5.88 Å². The van der Waals surface area contributed by atoms with Crippen LogP contribution in [0.25, 0.3) is 0 Å². The molecule has 0 unspecified atom stereocenters. The third-order valence-corrected chi connectivity index (χ3v) is 1.75. The van der Waals surface area contributed by atoms with Gasteiger partial charge in [0.15, 0.2) is 0 Å². The fourth-order valence-corrected chi connectivity index (χ4v) is 1.06. The molecular formula is C8H21ClSi. The van der Waals surface area contributed by atoms with Gasteiger partial charge in [0.1, 0.15) is 0 Å². The van der Waals surface area contributed by atoms with Gasteiger partial charge in [-0.1, -0.05) is 39.0 Å². The molecule has 0 aromatic rings. The molecule has 0 rings (SSSR count). The van der Waals surface area contributed by atoms with Crippen molar-refractivity contribution in [1.82, 2.24) is 0 Å². The summed E-state index contributed by atoms with van der Waals surface area (Å²) in [7, 11) is 0. The lowest BCUT2D eigenvalue weighted by Crippen LogP contribution is -1.78. The van der Waals surface area contributed by atoms with E-state index in [0.717, 1.165) is 5.88 Å². The third-order valence-electron chi connectivity index (χ3n) is 1.49. The highest BCUT2D eigenvalue weighted by Gasteiger charge is 1.86. The van der Waals surface area contributed by atoms with Crippen LogP contribution in [0.1, 0.15) is 45.4 Å². The summed E-state index contributed by atoms with van der Waals surface area (Å²) in [5.74, 6) is 0.839. The Bertz CT molecular complexity index is 42.5. The highest BCUT2D eigenvalue weighted by molar-refractivity contribution is 6.17. The Hall–Kier alpha value is 0.507. The zero-order chi connectivity index (χ0) is 6.95. The van der Waals surface area contributed by atoms with Crippen LogP contribution >= 0.6 is 11.6 Å². The van der Waals surface area contributed by atoms with Gasteiger partial charge in [-0.05, 0) is 17.4 Å². The molecule has 0 aromatic heterocycles. The van der Waals surface area contributed by atoms with Gasteiger partial charge in [-0.2, -0.15) is 0 Å². The summed E-state index contributed by atoms with van der Waals surface area (Å²) in [6.07, 6.45) is 8.02. The van der Waals surface area contributed by atoms with E-state index >= 15 is 0 Å². The van der Waals surface area contributed by atoms with Crippen molar-refractivity contribution in [3.63, 3.8) is 0 Å². The number of rotatable bonds is 6. The number of halogens is 1. The molecule has 0 heterocycles. The van der Waals surface area contributed by atoms with Crippen LogP contribution in [-0.4, -0.2) is 16.8 Å². The van der Waals surface area contributed by atoms with Crippen molar-refractivity contribution >= 4 is 22.6 Å². The lowest BCUT2D eigenvalue weighted by atomic mass is 10.1. The Morgan fingerprint density at radius 1 is 0.900 bits per heavy atom. The number of hydrogen-bond acceptors (Lipinski definition) is 0. The van der Waals surface area contributed by atoms with Crippen LogP contribution in [0, 0.1) is 0 Å². The van der Waals surface area contributed by atoms with E-state index in [2.05, 4.69) is 6.92 Å².